The van der Waals surface area contributed by atoms with Crippen LogP contribution in [0.3, 0.4) is 0 Å². The van der Waals surface area contributed by atoms with Crippen molar-refractivity contribution in [3.63, 3.8) is 0 Å². The van der Waals surface area contributed by atoms with Crippen molar-refractivity contribution in [2.24, 2.45) is 0 Å². The number of rotatable bonds is 4. The van der Waals surface area contributed by atoms with E-state index in [0.29, 0.717) is 16.3 Å². The van der Waals surface area contributed by atoms with Crippen molar-refractivity contribution in [1.29, 1.82) is 0 Å². The fraction of sp³-hybridized carbons (Fsp3) is 0.350. The van der Waals surface area contributed by atoms with Gasteiger partial charge >= 0.3 is 0 Å². The fourth-order valence-electron chi connectivity index (χ4n) is 3.21. The number of amides is 1. The molecule has 1 saturated heterocycles. The average Bonchev–Trinajstić information content (AvgIpc) is 2.96. The molecule has 144 valence electrons. The molecule has 0 aromatic heterocycles. The molecule has 0 N–H and O–H groups in total. The maximum Gasteiger partial charge on any atom is 0.264 e. The Kier molecular flexibility index (Phi) is 6.07. The summed E-state index contributed by atoms with van der Waals surface area (Å²) in [5, 5.41) is 0.458. The van der Waals surface area contributed by atoms with Crippen LogP contribution in [0, 0.1) is 0 Å². The molecule has 2 aromatic rings. The molecule has 0 radical (unpaired) electrons. The first-order valence-electron chi connectivity index (χ1n) is 9.03. The van der Waals surface area contributed by atoms with Crippen molar-refractivity contribution in [2.45, 2.75) is 30.6 Å². The van der Waals surface area contributed by atoms with Gasteiger partial charge in [-0.3, -0.25) is 9.10 Å². The van der Waals surface area contributed by atoms with Gasteiger partial charge in [0.05, 0.1) is 10.6 Å². The lowest BCUT2D eigenvalue weighted by molar-refractivity contribution is 0.0761. The second-order valence-electron chi connectivity index (χ2n) is 6.69. The van der Waals surface area contributed by atoms with Gasteiger partial charge in [-0.05, 0) is 49.2 Å². The predicted octanol–water partition coefficient (Wildman–Crippen LogP) is 4.18. The molecule has 2 aromatic carbocycles. The second-order valence-corrected chi connectivity index (χ2v) is 9.09. The summed E-state index contributed by atoms with van der Waals surface area (Å²) in [5.41, 5.74) is 0.865. The summed E-state index contributed by atoms with van der Waals surface area (Å²) >= 11 is 5.98. The van der Waals surface area contributed by atoms with Crippen LogP contribution in [0.4, 0.5) is 5.69 Å². The van der Waals surface area contributed by atoms with Crippen LogP contribution in [-0.4, -0.2) is 39.4 Å². The van der Waals surface area contributed by atoms with Gasteiger partial charge in [-0.1, -0.05) is 36.6 Å². The maximum absolute atomic E-state index is 13.0. The third-order valence-electron chi connectivity index (χ3n) is 4.80. The zero-order valence-electron chi connectivity index (χ0n) is 15.3. The normalized spacial score (nSPS) is 15.3. The van der Waals surface area contributed by atoms with Crippen LogP contribution in [0.25, 0.3) is 0 Å². The molecule has 5 nitrogen and oxygen atoms in total. The molecule has 0 spiro atoms. The molecule has 0 saturated carbocycles. The number of hydrogen-bond donors (Lipinski definition) is 0. The number of hydrogen-bond acceptors (Lipinski definition) is 3. The van der Waals surface area contributed by atoms with Gasteiger partial charge in [0.2, 0.25) is 0 Å². The number of sulfonamides is 1. The van der Waals surface area contributed by atoms with Crippen LogP contribution >= 0.6 is 11.6 Å². The highest BCUT2D eigenvalue weighted by atomic mass is 35.5. The molecular formula is C20H23ClN2O3S. The van der Waals surface area contributed by atoms with Crippen molar-refractivity contribution in [2.75, 3.05) is 24.4 Å². The summed E-state index contributed by atoms with van der Waals surface area (Å²) in [4.78, 5) is 14.7. The van der Waals surface area contributed by atoms with Crippen molar-refractivity contribution < 1.29 is 13.2 Å². The van der Waals surface area contributed by atoms with Gasteiger partial charge in [0.25, 0.3) is 15.9 Å². The molecule has 0 atom stereocenters. The lowest BCUT2D eigenvalue weighted by atomic mass is 10.2. The van der Waals surface area contributed by atoms with Gasteiger partial charge in [-0.2, -0.15) is 0 Å². The largest absolute Gasteiger partial charge is 0.339 e. The highest BCUT2D eigenvalue weighted by Crippen LogP contribution is 2.25. The molecule has 1 aliphatic rings. The Morgan fingerprint density at radius 1 is 1.00 bits per heavy atom. The first kappa shape index (κ1) is 19.7. The van der Waals surface area contributed by atoms with Crippen molar-refractivity contribution in [1.82, 2.24) is 4.90 Å². The van der Waals surface area contributed by atoms with E-state index in [0.717, 1.165) is 38.8 Å². The SMILES string of the molecule is CN(c1cccc(Cl)c1)S(=O)(=O)c1cccc(C(=O)N2CCCCCC2)c1. The minimum absolute atomic E-state index is 0.0886. The molecule has 3 rings (SSSR count). The van der Waals surface area contributed by atoms with Crippen molar-refractivity contribution in [3.8, 4) is 0 Å². The van der Waals surface area contributed by atoms with E-state index in [1.165, 1.54) is 23.5 Å². The molecule has 0 unspecified atom stereocenters. The van der Waals surface area contributed by atoms with Gasteiger partial charge in [0.15, 0.2) is 0 Å². The van der Waals surface area contributed by atoms with Crippen molar-refractivity contribution in [3.05, 3.63) is 59.1 Å². The lowest BCUT2D eigenvalue weighted by Crippen LogP contribution is -2.32. The summed E-state index contributed by atoms with van der Waals surface area (Å²) in [6.07, 6.45) is 4.23. The van der Waals surface area contributed by atoms with E-state index in [4.69, 9.17) is 11.6 Å². The number of likely N-dealkylation sites (tertiary alicyclic amines) is 1. The van der Waals surface area contributed by atoms with E-state index < -0.39 is 10.0 Å². The third-order valence-corrected chi connectivity index (χ3v) is 6.82. The van der Waals surface area contributed by atoms with Crippen molar-refractivity contribution >= 4 is 33.2 Å². The summed E-state index contributed by atoms with van der Waals surface area (Å²) in [6, 6.07) is 12.9. The Morgan fingerprint density at radius 3 is 2.33 bits per heavy atom. The molecule has 1 fully saturated rings. The fourth-order valence-corrected chi connectivity index (χ4v) is 4.63. The number of carbonyl (C=O) groups excluding carboxylic acids is 1. The summed E-state index contributed by atoms with van der Waals surface area (Å²) in [7, 11) is -2.32. The van der Waals surface area contributed by atoms with Crippen LogP contribution in [0.2, 0.25) is 5.02 Å². The Labute approximate surface area is 165 Å². The molecule has 0 aliphatic carbocycles. The van der Waals surface area contributed by atoms with Gasteiger partial charge in [0.1, 0.15) is 0 Å². The highest BCUT2D eigenvalue weighted by molar-refractivity contribution is 7.92. The quantitative estimate of drug-likeness (QED) is 0.765. The Balaban J connectivity index is 1.88. The van der Waals surface area contributed by atoms with E-state index in [1.54, 1.807) is 36.4 Å². The van der Waals surface area contributed by atoms with Crippen LogP contribution in [0.1, 0.15) is 36.0 Å². The Bertz CT molecular complexity index is 922. The van der Waals surface area contributed by atoms with E-state index >= 15 is 0 Å². The van der Waals surface area contributed by atoms with Crippen LogP contribution in [-0.2, 0) is 10.0 Å². The smallest absolute Gasteiger partial charge is 0.264 e. The molecule has 7 heteroatoms. The Morgan fingerprint density at radius 2 is 1.67 bits per heavy atom. The standard InChI is InChI=1S/C20H23ClN2O3S/c1-22(18-10-7-9-17(21)15-18)27(25,26)19-11-6-8-16(14-19)20(24)23-12-4-2-3-5-13-23/h6-11,14-15H,2-5,12-13H2,1H3. The number of halogens is 1. The lowest BCUT2D eigenvalue weighted by Gasteiger charge is -2.22. The predicted molar refractivity (Wildman–Crippen MR) is 108 cm³/mol. The third kappa shape index (κ3) is 4.45. The van der Waals surface area contributed by atoms with E-state index in [1.807, 2.05) is 4.90 Å². The van der Waals surface area contributed by atoms with Gasteiger partial charge in [-0.25, -0.2) is 8.42 Å². The Hall–Kier alpha value is -2.05. The summed E-state index contributed by atoms with van der Waals surface area (Å²) in [5.74, 6) is -0.112. The van der Waals surface area contributed by atoms with Gasteiger partial charge < -0.3 is 4.90 Å². The number of anilines is 1. The van der Waals surface area contributed by atoms with Gasteiger partial charge in [0, 0.05) is 30.7 Å². The minimum Gasteiger partial charge on any atom is -0.339 e. The first-order valence-corrected chi connectivity index (χ1v) is 10.9. The highest BCUT2D eigenvalue weighted by Gasteiger charge is 2.24. The van der Waals surface area contributed by atoms with E-state index in [2.05, 4.69) is 0 Å². The summed E-state index contributed by atoms with van der Waals surface area (Å²) in [6.45, 7) is 1.44. The molecule has 0 bridgehead atoms. The van der Waals surface area contributed by atoms with Crippen LogP contribution < -0.4 is 4.31 Å². The zero-order valence-corrected chi connectivity index (χ0v) is 16.8. The molecule has 27 heavy (non-hydrogen) atoms. The van der Waals surface area contributed by atoms with E-state index in [-0.39, 0.29) is 10.8 Å². The van der Waals surface area contributed by atoms with Crippen LogP contribution in [0.15, 0.2) is 53.4 Å². The monoisotopic (exact) mass is 406 g/mol. The molecule has 1 amide bonds. The zero-order chi connectivity index (χ0) is 19.4. The minimum atomic E-state index is -3.80. The first-order chi connectivity index (χ1) is 12.9. The molecule has 1 aliphatic heterocycles. The number of nitrogens with zero attached hydrogens (tertiary/aromatic N) is 2. The van der Waals surface area contributed by atoms with E-state index in [9.17, 15) is 13.2 Å². The summed E-state index contributed by atoms with van der Waals surface area (Å²) < 4.78 is 27.2. The topological polar surface area (TPSA) is 57.7 Å². The number of benzene rings is 2. The second kappa shape index (κ2) is 8.31. The van der Waals surface area contributed by atoms with Gasteiger partial charge in [-0.15, -0.1) is 0 Å². The van der Waals surface area contributed by atoms with Crippen LogP contribution in [0.5, 0.6) is 0 Å². The number of carbonyl (C=O) groups is 1. The molecule has 1 heterocycles. The maximum atomic E-state index is 13.0. The average molecular weight is 407 g/mol. The molecular weight excluding hydrogens is 384 g/mol.